The standard InChI is InChI=1S/C18H23N5O/c1-13-2-5-18(22-21-13)24-11-14-6-8-23(9-7-14)17-10-16(15-3-4-15)19-12-20-17/h2,5,10,12,14-15H,3-4,6-9,11H2,1H3. The zero-order valence-electron chi connectivity index (χ0n) is 14.1. The average molecular weight is 325 g/mol. The molecule has 1 saturated heterocycles. The van der Waals surface area contributed by atoms with Crippen LogP contribution in [0, 0.1) is 12.8 Å². The topological polar surface area (TPSA) is 64.0 Å². The second-order valence-electron chi connectivity index (χ2n) is 6.83. The molecule has 1 saturated carbocycles. The van der Waals surface area contributed by atoms with Crippen LogP contribution in [0.15, 0.2) is 24.5 Å². The van der Waals surface area contributed by atoms with Crippen LogP contribution in [0.1, 0.15) is 43.0 Å². The van der Waals surface area contributed by atoms with E-state index in [1.807, 2.05) is 19.1 Å². The van der Waals surface area contributed by atoms with Gasteiger partial charge in [-0.05, 0) is 44.6 Å². The molecular weight excluding hydrogens is 302 g/mol. The number of nitrogens with zero attached hydrogens (tertiary/aromatic N) is 5. The second-order valence-corrected chi connectivity index (χ2v) is 6.83. The summed E-state index contributed by atoms with van der Waals surface area (Å²) in [6.07, 6.45) is 6.49. The molecule has 2 aliphatic rings. The average Bonchev–Trinajstić information content (AvgIpc) is 3.47. The molecule has 2 fully saturated rings. The molecular formula is C18H23N5O. The van der Waals surface area contributed by atoms with Gasteiger partial charge in [0.05, 0.1) is 12.3 Å². The predicted octanol–water partition coefficient (Wildman–Crippen LogP) is 2.75. The van der Waals surface area contributed by atoms with Gasteiger partial charge in [-0.15, -0.1) is 5.10 Å². The molecule has 0 aromatic carbocycles. The molecule has 2 aromatic rings. The van der Waals surface area contributed by atoms with Gasteiger partial charge in [0.2, 0.25) is 5.88 Å². The van der Waals surface area contributed by atoms with Gasteiger partial charge in [-0.25, -0.2) is 9.97 Å². The van der Waals surface area contributed by atoms with E-state index in [9.17, 15) is 0 Å². The van der Waals surface area contributed by atoms with E-state index in [1.165, 1.54) is 18.5 Å². The molecule has 0 unspecified atom stereocenters. The Kier molecular flexibility index (Phi) is 4.28. The zero-order chi connectivity index (χ0) is 16.4. The highest BCUT2D eigenvalue weighted by atomic mass is 16.5. The van der Waals surface area contributed by atoms with Crippen molar-refractivity contribution < 1.29 is 4.74 Å². The maximum absolute atomic E-state index is 5.78. The van der Waals surface area contributed by atoms with Crippen LogP contribution >= 0.6 is 0 Å². The fraction of sp³-hybridized carbons (Fsp3) is 0.556. The molecule has 1 aliphatic carbocycles. The number of aromatic nitrogens is 4. The van der Waals surface area contributed by atoms with Crippen molar-refractivity contribution in [3.8, 4) is 5.88 Å². The third kappa shape index (κ3) is 3.63. The Morgan fingerprint density at radius 3 is 2.62 bits per heavy atom. The number of ether oxygens (including phenoxy) is 1. The predicted molar refractivity (Wildman–Crippen MR) is 91.2 cm³/mol. The highest BCUT2D eigenvalue weighted by molar-refractivity contribution is 5.40. The Labute approximate surface area is 142 Å². The highest BCUT2D eigenvalue weighted by Crippen LogP contribution is 2.39. The number of hydrogen-bond acceptors (Lipinski definition) is 6. The summed E-state index contributed by atoms with van der Waals surface area (Å²) in [4.78, 5) is 11.2. The Bertz CT molecular complexity index is 678. The van der Waals surface area contributed by atoms with Crippen LogP contribution < -0.4 is 9.64 Å². The first-order valence-corrected chi connectivity index (χ1v) is 8.78. The molecule has 2 aromatic heterocycles. The van der Waals surface area contributed by atoms with Crippen LogP contribution in [-0.4, -0.2) is 39.9 Å². The summed E-state index contributed by atoms with van der Waals surface area (Å²) in [5.74, 6) is 2.94. The normalized spacial score (nSPS) is 18.6. The van der Waals surface area contributed by atoms with Gasteiger partial charge in [0.1, 0.15) is 12.1 Å². The summed E-state index contributed by atoms with van der Waals surface area (Å²) < 4.78 is 5.78. The van der Waals surface area contributed by atoms with E-state index in [-0.39, 0.29) is 0 Å². The van der Waals surface area contributed by atoms with Gasteiger partial charge >= 0.3 is 0 Å². The fourth-order valence-electron chi connectivity index (χ4n) is 3.13. The van der Waals surface area contributed by atoms with E-state index < -0.39 is 0 Å². The number of aryl methyl sites for hydroxylation is 1. The van der Waals surface area contributed by atoms with E-state index in [4.69, 9.17) is 4.74 Å². The van der Waals surface area contributed by atoms with E-state index >= 15 is 0 Å². The minimum Gasteiger partial charge on any atom is -0.476 e. The van der Waals surface area contributed by atoms with Crippen LogP contribution in [0.3, 0.4) is 0 Å². The minimum absolute atomic E-state index is 0.564. The smallest absolute Gasteiger partial charge is 0.233 e. The zero-order valence-corrected chi connectivity index (χ0v) is 14.1. The first-order valence-electron chi connectivity index (χ1n) is 8.78. The Hall–Kier alpha value is -2.24. The minimum atomic E-state index is 0.564. The molecule has 126 valence electrons. The Morgan fingerprint density at radius 2 is 1.92 bits per heavy atom. The van der Waals surface area contributed by atoms with Crippen LogP contribution in [-0.2, 0) is 0 Å². The van der Waals surface area contributed by atoms with Crippen molar-refractivity contribution in [2.45, 2.75) is 38.5 Å². The molecule has 0 bridgehead atoms. The molecule has 6 heteroatoms. The van der Waals surface area contributed by atoms with Gasteiger partial charge in [-0.1, -0.05) is 0 Å². The number of anilines is 1. The lowest BCUT2D eigenvalue weighted by Crippen LogP contribution is -2.36. The lowest BCUT2D eigenvalue weighted by molar-refractivity contribution is 0.214. The largest absolute Gasteiger partial charge is 0.476 e. The summed E-state index contributed by atoms with van der Waals surface area (Å²) in [6.45, 7) is 4.68. The van der Waals surface area contributed by atoms with E-state index in [0.717, 1.165) is 37.4 Å². The summed E-state index contributed by atoms with van der Waals surface area (Å²) in [5.41, 5.74) is 2.12. The molecule has 24 heavy (non-hydrogen) atoms. The van der Waals surface area contributed by atoms with Crippen molar-refractivity contribution in [3.63, 3.8) is 0 Å². The summed E-state index contributed by atoms with van der Waals surface area (Å²) >= 11 is 0. The molecule has 0 amide bonds. The third-order valence-electron chi connectivity index (χ3n) is 4.85. The maximum Gasteiger partial charge on any atom is 0.233 e. The molecule has 0 N–H and O–H groups in total. The molecule has 1 aliphatic heterocycles. The molecule has 6 nitrogen and oxygen atoms in total. The van der Waals surface area contributed by atoms with Gasteiger partial charge in [0.25, 0.3) is 0 Å². The monoisotopic (exact) mass is 325 g/mol. The molecule has 0 radical (unpaired) electrons. The highest BCUT2D eigenvalue weighted by Gasteiger charge is 2.27. The van der Waals surface area contributed by atoms with Crippen molar-refractivity contribution in [2.24, 2.45) is 5.92 Å². The van der Waals surface area contributed by atoms with Crippen LogP contribution in [0.2, 0.25) is 0 Å². The molecule has 0 atom stereocenters. The Balaban J connectivity index is 1.28. The van der Waals surface area contributed by atoms with E-state index in [1.54, 1.807) is 6.33 Å². The summed E-state index contributed by atoms with van der Waals surface area (Å²) in [7, 11) is 0. The number of rotatable bonds is 5. The van der Waals surface area contributed by atoms with Gasteiger partial charge < -0.3 is 9.64 Å². The van der Waals surface area contributed by atoms with Crippen molar-refractivity contribution in [3.05, 3.63) is 35.9 Å². The van der Waals surface area contributed by atoms with Crippen molar-refractivity contribution in [1.29, 1.82) is 0 Å². The van der Waals surface area contributed by atoms with E-state index in [2.05, 4.69) is 31.1 Å². The van der Waals surface area contributed by atoms with Gasteiger partial charge in [-0.2, -0.15) is 5.10 Å². The first kappa shape index (κ1) is 15.3. The van der Waals surface area contributed by atoms with Crippen molar-refractivity contribution >= 4 is 5.82 Å². The molecule has 0 spiro atoms. The molecule has 4 rings (SSSR count). The SMILES string of the molecule is Cc1ccc(OCC2CCN(c3cc(C4CC4)ncn3)CC2)nn1. The Morgan fingerprint density at radius 1 is 1.08 bits per heavy atom. The van der Waals surface area contributed by atoms with E-state index in [0.29, 0.717) is 24.3 Å². The van der Waals surface area contributed by atoms with Crippen LogP contribution in [0.5, 0.6) is 5.88 Å². The fourth-order valence-corrected chi connectivity index (χ4v) is 3.13. The summed E-state index contributed by atoms with van der Waals surface area (Å²) in [5, 5.41) is 8.08. The van der Waals surface area contributed by atoms with Gasteiger partial charge in [0, 0.05) is 36.8 Å². The second kappa shape index (κ2) is 6.71. The van der Waals surface area contributed by atoms with Gasteiger partial charge in [-0.3, -0.25) is 0 Å². The lowest BCUT2D eigenvalue weighted by Gasteiger charge is -2.32. The third-order valence-corrected chi connectivity index (χ3v) is 4.85. The van der Waals surface area contributed by atoms with Crippen LogP contribution in [0.4, 0.5) is 5.82 Å². The lowest BCUT2D eigenvalue weighted by atomic mass is 9.98. The number of piperidine rings is 1. The van der Waals surface area contributed by atoms with Crippen molar-refractivity contribution in [1.82, 2.24) is 20.2 Å². The summed E-state index contributed by atoms with van der Waals surface area (Å²) in [6, 6.07) is 5.99. The van der Waals surface area contributed by atoms with Crippen LogP contribution in [0.25, 0.3) is 0 Å². The van der Waals surface area contributed by atoms with Gasteiger partial charge in [0.15, 0.2) is 0 Å². The van der Waals surface area contributed by atoms with Crippen molar-refractivity contribution in [2.75, 3.05) is 24.6 Å². The molecule has 3 heterocycles. The quantitative estimate of drug-likeness (QED) is 0.842. The maximum atomic E-state index is 5.78. The number of hydrogen-bond donors (Lipinski definition) is 0. The first-order chi connectivity index (χ1) is 11.8.